The first-order chi connectivity index (χ1) is 15.3. The lowest BCUT2D eigenvalue weighted by atomic mass is 10.1. The van der Waals surface area contributed by atoms with Gasteiger partial charge in [0.05, 0.1) is 17.5 Å². The molecule has 0 saturated carbocycles. The van der Waals surface area contributed by atoms with Crippen molar-refractivity contribution in [2.75, 3.05) is 19.5 Å². The summed E-state index contributed by atoms with van der Waals surface area (Å²) in [7, 11) is -0.769. The Balaban J connectivity index is 0.00000306. The molecule has 2 aromatic carbocycles. The van der Waals surface area contributed by atoms with E-state index in [0.717, 1.165) is 17.0 Å². The molecule has 0 unspecified atom stereocenters. The van der Waals surface area contributed by atoms with Crippen LogP contribution in [0.2, 0.25) is 5.15 Å². The van der Waals surface area contributed by atoms with Crippen molar-refractivity contribution in [1.82, 2.24) is 14.3 Å². The van der Waals surface area contributed by atoms with E-state index in [1.807, 2.05) is 12.1 Å². The number of benzene rings is 2. The van der Waals surface area contributed by atoms with Gasteiger partial charge in [-0.1, -0.05) is 23.7 Å². The summed E-state index contributed by atoms with van der Waals surface area (Å²) in [6, 6.07) is 13.6. The Morgan fingerprint density at radius 2 is 1.94 bits per heavy atom. The fourth-order valence-corrected chi connectivity index (χ4v) is 4.99. The predicted molar refractivity (Wildman–Crippen MR) is 130 cm³/mol. The lowest BCUT2D eigenvalue weighted by Crippen LogP contribution is -2.12. The van der Waals surface area contributed by atoms with Crippen LogP contribution >= 0.6 is 24.0 Å². The SMILES string of the molecule is CNCc1cn(S(=O)(=O)c2cccc(F)c2)c2cc(Nc3ccc(Cl)nc3OC)ccc12.Cl. The predicted octanol–water partition coefficient (Wildman–Crippen LogP) is 4.96. The number of anilines is 2. The van der Waals surface area contributed by atoms with Crippen molar-refractivity contribution in [1.29, 1.82) is 0 Å². The number of hydrogen-bond donors (Lipinski definition) is 2. The standard InChI is InChI=1S/C22H20ClFN4O3S.ClH/c1-25-12-14-13-28(32(29,30)17-5-3-4-15(24)10-17)20-11-16(6-7-18(14)20)26-19-8-9-21(23)27-22(19)31-2;/h3-11,13,25-26H,12H2,1-2H3;1H. The van der Waals surface area contributed by atoms with Crippen molar-refractivity contribution in [3.63, 3.8) is 0 Å². The number of ether oxygens (including phenoxy) is 1. The summed E-state index contributed by atoms with van der Waals surface area (Å²) in [6.45, 7) is 0.462. The average molecular weight is 511 g/mol. The summed E-state index contributed by atoms with van der Waals surface area (Å²) in [5, 5.41) is 7.27. The molecule has 4 rings (SSSR count). The van der Waals surface area contributed by atoms with Gasteiger partial charge >= 0.3 is 0 Å². The molecule has 0 saturated heterocycles. The van der Waals surface area contributed by atoms with Crippen molar-refractivity contribution in [2.45, 2.75) is 11.4 Å². The summed E-state index contributed by atoms with van der Waals surface area (Å²) >= 11 is 5.93. The van der Waals surface area contributed by atoms with Crippen molar-refractivity contribution < 1.29 is 17.5 Å². The topological polar surface area (TPSA) is 85.3 Å². The monoisotopic (exact) mass is 510 g/mol. The normalized spacial score (nSPS) is 11.3. The van der Waals surface area contributed by atoms with Crippen LogP contribution in [0.3, 0.4) is 0 Å². The fraction of sp³-hybridized carbons (Fsp3) is 0.136. The van der Waals surface area contributed by atoms with E-state index in [4.69, 9.17) is 16.3 Å². The van der Waals surface area contributed by atoms with Gasteiger partial charge < -0.3 is 15.4 Å². The van der Waals surface area contributed by atoms with Crippen LogP contribution in [0, 0.1) is 5.82 Å². The maximum Gasteiger partial charge on any atom is 0.268 e. The number of halogens is 3. The van der Waals surface area contributed by atoms with E-state index >= 15 is 0 Å². The summed E-state index contributed by atoms with van der Waals surface area (Å²) in [4.78, 5) is 3.99. The molecule has 4 aromatic rings. The van der Waals surface area contributed by atoms with Crippen molar-refractivity contribution in [2.24, 2.45) is 0 Å². The lowest BCUT2D eigenvalue weighted by Gasteiger charge is -2.12. The van der Waals surface area contributed by atoms with E-state index in [0.29, 0.717) is 29.3 Å². The highest BCUT2D eigenvalue weighted by Gasteiger charge is 2.22. The van der Waals surface area contributed by atoms with Gasteiger partial charge in [-0.05, 0) is 55.1 Å². The highest BCUT2D eigenvalue weighted by Crippen LogP contribution is 2.32. The minimum absolute atomic E-state index is 0. The second-order valence-corrected chi connectivity index (χ2v) is 9.19. The van der Waals surface area contributed by atoms with Crippen LogP contribution in [0.15, 0.2) is 65.7 Å². The van der Waals surface area contributed by atoms with Gasteiger partial charge in [0.1, 0.15) is 16.7 Å². The first kappa shape index (κ1) is 24.8. The molecule has 0 aliphatic heterocycles. The molecule has 0 fully saturated rings. The molecule has 11 heteroatoms. The van der Waals surface area contributed by atoms with Gasteiger partial charge in [-0.25, -0.2) is 16.8 Å². The molecule has 174 valence electrons. The molecule has 2 N–H and O–H groups in total. The average Bonchev–Trinajstić information content (AvgIpc) is 3.14. The van der Waals surface area contributed by atoms with Crippen LogP contribution < -0.4 is 15.4 Å². The molecule has 2 heterocycles. The van der Waals surface area contributed by atoms with Gasteiger partial charge in [-0.15, -0.1) is 12.4 Å². The number of rotatable bonds is 7. The van der Waals surface area contributed by atoms with Crippen molar-refractivity contribution in [3.8, 4) is 5.88 Å². The summed E-state index contributed by atoms with van der Waals surface area (Å²) in [5.74, 6) is -0.320. The number of hydrogen-bond acceptors (Lipinski definition) is 6. The van der Waals surface area contributed by atoms with Crippen LogP contribution in [0.5, 0.6) is 5.88 Å². The number of aromatic nitrogens is 2. The minimum Gasteiger partial charge on any atom is -0.479 e. The number of pyridine rings is 1. The number of methoxy groups -OCH3 is 1. The third-order valence-electron chi connectivity index (χ3n) is 4.87. The molecule has 0 aliphatic rings. The Bertz CT molecular complexity index is 1410. The van der Waals surface area contributed by atoms with Gasteiger partial charge in [0.2, 0.25) is 5.88 Å². The van der Waals surface area contributed by atoms with Crippen LogP contribution in [0.25, 0.3) is 10.9 Å². The van der Waals surface area contributed by atoms with Crippen LogP contribution in [0.1, 0.15) is 5.56 Å². The Morgan fingerprint density at radius 3 is 2.64 bits per heavy atom. The van der Waals surface area contributed by atoms with Crippen LogP contribution in [-0.4, -0.2) is 31.5 Å². The van der Waals surface area contributed by atoms with Crippen LogP contribution in [0.4, 0.5) is 15.8 Å². The number of nitrogens with zero attached hydrogens (tertiary/aromatic N) is 2. The molecule has 33 heavy (non-hydrogen) atoms. The highest BCUT2D eigenvalue weighted by atomic mass is 35.5. The van der Waals surface area contributed by atoms with Gasteiger partial charge in [-0.2, -0.15) is 4.98 Å². The van der Waals surface area contributed by atoms with Crippen molar-refractivity contribution in [3.05, 3.63) is 77.3 Å². The second kappa shape index (κ2) is 9.96. The van der Waals surface area contributed by atoms with Gasteiger partial charge in [0.15, 0.2) is 0 Å². The minimum atomic E-state index is -4.03. The molecule has 0 amide bonds. The van der Waals surface area contributed by atoms with Gasteiger partial charge in [0, 0.05) is 23.8 Å². The van der Waals surface area contributed by atoms with Crippen LogP contribution in [-0.2, 0) is 16.6 Å². The first-order valence-electron chi connectivity index (χ1n) is 9.61. The molecule has 0 aliphatic carbocycles. The molecule has 7 nitrogen and oxygen atoms in total. The van der Waals surface area contributed by atoms with E-state index in [1.165, 1.54) is 29.3 Å². The quantitative estimate of drug-likeness (QED) is 0.342. The second-order valence-electron chi connectivity index (χ2n) is 6.99. The van der Waals surface area contributed by atoms with Crippen molar-refractivity contribution >= 4 is 56.3 Å². The van der Waals surface area contributed by atoms with E-state index in [1.54, 1.807) is 31.4 Å². The van der Waals surface area contributed by atoms with Gasteiger partial charge in [0.25, 0.3) is 10.0 Å². The molecule has 0 atom stereocenters. The molecule has 0 spiro atoms. The van der Waals surface area contributed by atoms with E-state index in [2.05, 4.69) is 15.6 Å². The smallest absolute Gasteiger partial charge is 0.268 e. The number of nitrogens with one attached hydrogen (secondary N) is 2. The molecular formula is C22H21Cl2FN4O3S. The maximum absolute atomic E-state index is 13.7. The fourth-order valence-electron chi connectivity index (χ4n) is 3.44. The lowest BCUT2D eigenvalue weighted by molar-refractivity contribution is 0.400. The third-order valence-corrected chi connectivity index (χ3v) is 6.75. The third kappa shape index (κ3) is 4.91. The molecular weight excluding hydrogens is 490 g/mol. The van der Waals surface area contributed by atoms with Gasteiger partial charge in [-0.3, -0.25) is 0 Å². The first-order valence-corrected chi connectivity index (χ1v) is 11.4. The Morgan fingerprint density at radius 1 is 1.15 bits per heavy atom. The zero-order valence-electron chi connectivity index (χ0n) is 17.7. The highest BCUT2D eigenvalue weighted by molar-refractivity contribution is 7.90. The Kier molecular flexibility index (Phi) is 7.48. The Labute approximate surface area is 202 Å². The zero-order chi connectivity index (χ0) is 22.9. The van der Waals surface area contributed by atoms with E-state index in [-0.39, 0.29) is 22.5 Å². The Hall–Kier alpha value is -2.85. The molecule has 0 bridgehead atoms. The van der Waals surface area contributed by atoms with E-state index < -0.39 is 15.8 Å². The largest absolute Gasteiger partial charge is 0.479 e. The summed E-state index contributed by atoms with van der Waals surface area (Å²) in [6.07, 6.45) is 1.55. The zero-order valence-corrected chi connectivity index (χ0v) is 20.1. The maximum atomic E-state index is 13.7. The van der Waals surface area contributed by atoms with E-state index in [9.17, 15) is 12.8 Å². The summed E-state index contributed by atoms with van der Waals surface area (Å²) < 4.78 is 46.8. The number of fused-ring (bicyclic) bond motifs is 1. The summed E-state index contributed by atoms with van der Waals surface area (Å²) in [5.41, 5.74) is 2.42. The molecule has 2 aromatic heterocycles. The molecule has 0 radical (unpaired) electrons.